The zero-order valence-electron chi connectivity index (χ0n) is 41.7. The van der Waals surface area contributed by atoms with Gasteiger partial charge >= 0.3 is 0 Å². The van der Waals surface area contributed by atoms with E-state index >= 15 is 4.79 Å². The van der Waals surface area contributed by atoms with Gasteiger partial charge in [0.1, 0.15) is 30.4 Å². The summed E-state index contributed by atoms with van der Waals surface area (Å²) in [5.41, 5.74) is 3.88. The highest BCUT2D eigenvalue weighted by Gasteiger charge is 2.65. The molecule has 6 atom stereocenters. The van der Waals surface area contributed by atoms with E-state index in [0.717, 1.165) is 94.7 Å². The van der Waals surface area contributed by atoms with Crippen LogP contribution in [0.5, 0.6) is 17.2 Å². The minimum absolute atomic E-state index is 0.0638. The zero-order chi connectivity index (χ0) is 48.7. The monoisotopic (exact) mass is 949 g/mol. The molecule has 1 saturated carbocycles. The Hall–Kier alpha value is -5.48. The van der Waals surface area contributed by atoms with Gasteiger partial charge in [-0.1, -0.05) is 161 Å². The molecular weight excluding hydrogens is 873 g/mol. The van der Waals surface area contributed by atoms with Crippen molar-refractivity contribution in [1.29, 1.82) is 0 Å². The van der Waals surface area contributed by atoms with Crippen LogP contribution in [0.15, 0.2) is 133 Å². The summed E-state index contributed by atoms with van der Waals surface area (Å²) < 4.78 is 21.6. The Bertz CT molecular complexity index is 2560. The van der Waals surface area contributed by atoms with Crippen LogP contribution < -0.4 is 9.47 Å². The van der Waals surface area contributed by atoms with Gasteiger partial charge in [0.05, 0.1) is 18.2 Å². The van der Waals surface area contributed by atoms with E-state index in [9.17, 15) is 10.2 Å². The third-order valence-electron chi connectivity index (χ3n) is 15.2. The molecular formula is C61H76N2O7. The Labute approximate surface area is 416 Å². The highest BCUT2D eigenvalue weighted by Crippen LogP contribution is 2.62. The van der Waals surface area contributed by atoms with E-state index < -0.39 is 17.7 Å². The van der Waals surface area contributed by atoms with Gasteiger partial charge in [-0.05, 0) is 107 Å². The molecule has 1 aliphatic heterocycles. The van der Waals surface area contributed by atoms with Crippen LogP contribution >= 0.6 is 0 Å². The summed E-state index contributed by atoms with van der Waals surface area (Å²) in [4.78, 5) is 23.2. The van der Waals surface area contributed by atoms with Crippen LogP contribution in [0.4, 0.5) is 0 Å². The third kappa shape index (κ3) is 11.6. The molecule has 9 heteroatoms. The third-order valence-corrected chi connectivity index (χ3v) is 15.2. The summed E-state index contributed by atoms with van der Waals surface area (Å²) >= 11 is 0. The Morgan fingerprint density at radius 2 is 1.47 bits per heavy atom. The Morgan fingerprint density at radius 3 is 2.23 bits per heavy atom. The highest BCUT2D eigenvalue weighted by molar-refractivity contribution is 6.03. The standard InChI is InChI=1S/C61H76N2O7/c1-4-6-7-8-9-10-11-12-13-31-58(66)63(43-48-28-22-27-45-24-16-17-29-51(45)48)57-42-55(62-67-3)53-40-47(26-18-20-36-64)52(30-19-21-37-65)59-54-41-50(69-49-33-32-44-23-14-15-25-46(44)39-49)34-35-56(54)70-61(57,60(53)59)68-38-5-2/h5,14-17,22-25,27-29,32-35,39-41,47,52,57,59-60,64-65H,2,4,6-13,18-21,26,30-31,36-38,42-43H2,1,3H3. The largest absolute Gasteiger partial charge is 0.459 e. The molecule has 372 valence electrons. The van der Waals surface area contributed by atoms with Crippen molar-refractivity contribution in [2.24, 2.45) is 22.9 Å². The number of unbranched alkanes of at least 4 members (excludes halogenated alkanes) is 10. The predicted octanol–water partition coefficient (Wildman–Crippen LogP) is 14.0. The van der Waals surface area contributed by atoms with Crippen LogP contribution in [-0.2, 0) is 20.9 Å². The molecule has 70 heavy (non-hydrogen) atoms. The van der Waals surface area contributed by atoms with Crippen LogP contribution in [0.25, 0.3) is 21.5 Å². The first-order valence-electron chi connectivity index (χ1n) is 26.5. The first-order valence-corrected chi connectivity index (χ1v) is 26.5. The van der Waals surface area contributed by atoms with Crippen molar-refractivity contribution in [3.8, 4) is 17.2 Å². The number of aliphatic hydroxyl groups excluding tert-OH is 2. The van der Waals surface area contributed by atoms with Gasteiger partial charge in [-0.25, -0.2) is 0 Å². The number of allylic oxidation sites excluding steroid dienone is 1. The first kappa shape index (κ1) is 50.9. The van der Waals surface area contributed by atoms with Crippen molar-refractivity contribution in [2.75, 3.05) is 26.9 Å². The second kappa shape index (κ2) is 25.1. The second-order valence-corrected chi connectivity index (χ2v) is 19.8. The normalized spacial score (nSPS) is 22.0. The highest BCUT2D eigenvalue weighted by atomic mass is 16.7. The van der Waals surface area contributed by atoms with E-state index in [1.54, 1.807) is 13.2 Å². The molecule has 6 unspecified atom stereocenters. The topological polar surface area (TPSA) is 110 Å². The lowest BCUT2D eigenvalue weighted by Crippen LogP contribution is -2.70. The molecule has 9 nitrogen and oxygen atoms in total. The lowest BCUT2D eigenvalue weighted by molar-refractivity contribution is -0.258. The average Bonchev–Trinajstić information content (AvgIpc) is 3.38. The van der Waals surface area contributed by atoms with Crippen molar-refractivity contribution in [3.05, 3.63) is 139 Å². The van der Waals surface area contributed by atoms with Gasteiger partial charge < -0.3 is 34.2 Å². The SMILES string of the molecule is C=CCOC12Oc3ccc(Oc4ccc5ccccc5c4)cc3C3C(CCCCO)C(CCCCO)C=C(C(=NOC)CC1N(Cc1cccc4ccccc14)C(=O)CCCCCCCCCCC)C32. The molecule has 5 aromatic rings. The van der Waals surface area contributed by atoms with Crippen LogP contribution in [0.3, 0.4) is 0 Å². The van der Waals surface area contributed by atoms with Gasteiger partial charge in [-0.3, -0.25) is 4.79 Å². The van der Waals surface area contributed by atoms with Crippen LogP contribution in [0, 0.1) is 17.8 Å². The number of carbonyl (C=O) groups is 1. The molecule has 0 radical (unpaired) electrons. The second-order valence-electron chi connectivity index (χ2n) is 19.8. The fourth-order valence-electron chi connectivity index (χ4n) is 11.9. The smallest absolute Gasteiger partial charge is 0.239 e. The minimum atomic E-state index is -1.35. The minimum Gasteiger partial charge on any atom is -0.459 e. The van der Waals surface area contributed by atoms with E-state index in [2.05, 4.69) is 97.3 Å². The Balaban J connectivity index is 1.26. The fraction of sp³-hybridized carbons (Fsp3) is 0.475. The molecule has 3 aliphatic rings. The Kier molecular flexibility index (Phi) is 18.2. The molecule has 0 spiro atoms. The lowest BCUT2D eigenvalue weighted by Gasteiger charge is -2.60. The van der Waals surface area contributed by atoms with Gasteiger partial charge in [-0.2, -0.15) is 0 Å². The molecule has 0 bridgehead atoms. The molecule has 1 fully saturated rings. The molecule has 8 rings (SSSR count). The number of carbonyl (C=O) groups excluding carboxylic acids is 1. The molecule has 0 saturated heterocycles. The van der Waals surface area contributed by atoms with E-state index in [4.69, 9.17) is 24.2 Å². The quantitative estimate of drug-likeness (QED) is 0.0306. The summed E-state index contributed by atoms with van der Waals surface area (Å²) in [6, 6.07) is 34.8. The van der Waals surface area contributed by atoms with E-state index in [-0.39, 0.29) is 43.5 Å². The number of oxime groups is 1. The lowest BCUT2D eigenvalue weighted by atomic mass is 9.55. The maximum absolute atomic E-state index is 15.4. The number of rotatable bonds is 27. The number of ether oxygens (including phenoxy) is 3. The van der Waals surface area contributed by atoms with E-state index in [1.807, 2.05) is 30.3 Å². The van der Waals surface area contributed by atoms with Gasteiger partial charge in [0.2, 0.25) is 11.7 Å². The van der Waals surface area contributed by atoms with Crippen LogP contribution in [-0.4, -0.2) is 65.5 Å². The first-order chi connectivity index (χ1) is 34.4. The number of hydrogen-bond acceptors (Lipinski definition) is 8. The molecule has 0 aromatic heterocycles. The summed E-state index contributed by atoms with van der Waals surface area (Å²) in [6.07, 6.45) is 20.2. The van der Waals surface area contributed by atoms with Crippen molar-refractivity contribution >= 4 is 33.2 Å². The fourth-order valence-corrected chi connectivity index (χ4v) is 11.9. The van der Waals surface area contributed by atoms with E-state index in [1.165, 1.54) is 38.5 Å². The number of nitrogens with zero attached hydrogens (tertiary/aromatic N) is 2. The van der Waals surface area contributed by atoms with E-state index in [0.29, 0.717) is 43.7 Å². The predicted molar refractivity (Wildman–Crippen MR) is 282 cm³/mol. The maximum Gasteiger partial charge on any atom is 0.239 e. The zero-order valence-corrected chi connectivity index (χ0v) is 41.7. The van der Waals surface area contributed by atoms with Crippen molar-refractivity contribution in [1.82, 2.24) is 4.90 Å². The number of amides is 1. The number of aliphatic hydroxyl groups is 2. The van der Waals surface area contributed by atoms with Gasteiger partial charge in [0.25, 0.3) is 0 Å². The molecule has 1 heterocycles. The molecule has 5 aromatic carbocycles. The summed E-state index contributed by atoms with van der Waals surface area (Å²) in [6.45, 7) is 7.20. The summed E-state index contributed by atoms with van der Waals surface area (Å²) in [7, 11) is 1.60. The van der Waals surface area contributed by atoms with Crippen molar-refractivity contribution < 1.29 is 34.1 Å². The Morgan fingerprint density at radius 1 is 0.786 bits per heavy atom. The molecule has 2 N–H and O–H groups in total. The van der Waals surface area contributed by atoms with Crippen LogP contribution in [0.2, 0.25) is 0 Å². The van der Waals surface area contributed by atoms with Crippen molar-refractivity contribution in [3.63, 3.8) is 0 Å². The average molecular weight is 949 g/mol. The van der Waals surface area contributed by atoms with Crippen LogP contribution in [0.1, 0.15) is 133 Å². The molecule has 2 aliphatic carbocycles. The van der Waals surface area contributed by atoms with Gasteiger partial charge in [-0.15, -0.1) is 6.58 Å². The number of fused-ring (bicyclic) bond motifs is 4. The van der Waals surface area contributed by atoms with Gasteiger partial charge in [0, 0.05) is 44.1 Å². The van der Waals surface area contributed by atoms with Crippen molar-refractivity contribution in [2.45, 2.75) is 140 Å². The summed E-state index contributed by atoms with van der Waals surface area (Å²) in [5, 5.41) is 29.4. The van der Waals surface area contributed by atoms with Gasteiger partial charge in [0.15, 0.2) is 0 Å². The number of benzene rings is 5. The maximum atomic E-state index is 15.4. The number of hydrogen-bond donors (Lipinski definition) is 2. The summed E-state index contributed by atoms with van der Waals surface area (Å²) in [5.74, 6) is 0.494. The molecule has 1 amide bonds.